The van der Waals surface area contributed by atoms with Gasteiger partial charge in [-0.3, -0.25) is 9.59 Å². The molecule has 94 valence electrons. The lowest BCUT2D eigenvalue weighted by Gasteiger charge is -2.22. The van der Waals surface area contributed by atoms with Crippen molar-refractivity contribution in [1.82, 2.24) is 4.90 Å². The van der Waals surface area contributed by atoms with Crippen LogP contribution in [0.3, 0.4) is 0 Å². The maximum Gasteiger partial charge on any atom is 0.323 e. The van der Waals surface area contributed by atoms with Gasteiger partial charge in [0.1, 0.15) is 13.2 Å². The highest BCUT2D eigenvalue weighted by atomic mass is 16.5. The summed E-state index contributed by atoms with van der Waals surface area (Å²) in [7, 11) is 0. The number of carboxylic acids is 1. The lowest BCUT2D eigenvalue weighted by molar-refractivity contribution is -0.146. The zero-order chi connectivity index (χ0) is 12.6. The van der Waals surface area contributed by atoms with Gasteiger partial charge in [0.05, 0.1) is 0 Å². The van der Waals surface area contributed by atoms with Crippen LogP contribution in [0, 0.1) is 5.92 Å². The van der Waals surface area contributed by atoms with Crippen LogP contribution in [0.15, 0.2) is 0 Å². The van der Waals surface area contributed by atoms with Crippen molar-refractivity contribution in [1.29, 1.82) is 0 Å². The zero-order valence-electron chi connectivity index (χ0n) is 10.2. The number of hydrogen-bond donors (Lipinski definition) is 1. The second-order valence-corrected chi connectivity index (χ2v) is 4.11. The third-order valence-electron chi connectivity index (χ3n) is 1.84. The number of amides is 1. The van der Waals surface area contributed by atoms with Crippen LogP contribution in [0.1, 0.15) is 27.2 Å². The van der Waals surface area contributed by atoms with Gasteiger partial charge in [-0.05, 0) is 12.3 Å². The molecule has 0 saturated carbocycles. The fraction of sp³-hybridized carbons (Fsp3) is 0.818. The smallest absolute Gasteiger partial charge is 0.323 e. The van der Waals surface area contributed by atoms with E-state index < -0.39 is 5.97 Å². The van der Waals surface area contributed by atoms with Crippen molar-refractivity contribution < 1.29 is 19.4 Å². The van der Waals surface area contributed by atoms with Gasteiger partial charge in [-0.2, -0.15) is 0 Å². The molecule has 1 amide bonds. The fourth-order valence-corrected chi connectivity index (χ4v) is 1.25. The molecule has 0 radical (unpaired) electrons. The number of carboxylic acid groups (broad SMARTS) is 1. The second-order valence-electron chi connectivity index (χ2n) is 4.11. The molecule has 0 aliphatic heterocycles. The van der Waals surface area contributed by atoms with Crippen molar-refractivity contribution in [3.8, 4) is 0 Å². The first kappa shape index (κ1) is 14.9. The highest BCUT2D eigenvalue weighted by Crippen LogP contribution is 2.00. The summed E-state index contributed by atoms with van der Waals surface area (Å²) in [5, 5.41) is 8.68. The van der Waals surface area contributed by atoms with Gasteiger partial charge in [-0.1, -0.05) is 20.8 Å². The molecule has 16 heavy (non-hydrogen) atoms. The van der Waals surface area contributed by atoms with Crippen LogP contribution in [0.5, 0.6) is 0 Å². The van der Waals surface area contributed by atoms with Gasteiger partial charge in [0.2, 0.25) is 5.91 Å². The molecule has 0 rings (SSSR count). The average molecular weight is 231 g/mol. The SMILES string of the molecule is CCCOCC(=O)N(CC(=O)O)CC(C)C. The van der Waals surface area contributed by atoms with E-state index in [4.69, 9.17) is 9.84 Å². The van der Waals surface area contributed by atoms with E-state index in [9.17, 15) is 9.59 Å². The summed E-state index contributed by atoms with van der Waals surface area (Å²) >= 11 is 0. The zero-order valence-corrected chi connectivity index (χ0v) is 10.2. The predicted molar refractivity (Wildman–Crippen MR) is 60.2 cm³/mol. The van der Waals surface area contributed by atoms with Crippen LogP contribution >= 0.6 is 0 Å². The Hall–Kier alpha value is -1.10. The highest BCUT2D eigenvalue weighted by molar-refractivity contribution is 5.82. The quantitative estimate of drug-likeness (QED) is 0.632. The second kappa shape index (κ2) is 8.10. The summed E-state index contributed by atoms with van der Waals surface area (Å²) in [6.07, 6.45) is 0.844. The number of carbonyl (C=O) groups is 2. The third-order valence-corrected chi connectivity index (χ3v) is 1.84. The molecule has 0 aromatic heterocycles. The number of carbonyl (C=O) groups excluding carboxylic acids is 1. The highest BCUT2D eigenvalue weighted by Gasteiger charge is 2.17. The molecule has 1 N–H and O–H groups in total. The van der Waals surface area contributed by atoms with Crippen LogP contribution < -0.4 is 0 Å². The van der Waals surface area contributed by atoms with Crippen molar-refractivity contribution in [2.75, 3.05) is 26.3 Å². The summed E-state index contributed by atoms with van der Waals surface area (Å²) in [5.41, 5.74) is 0. The molecule has 0 aromatic rings. The molecule has 0 atom stereocenters. The van der Waals surface area contributed by atoms with Gasteiger partial charge >= 0.3 is 5.97 Å². The number of ether oxygens (including phenoxy) is 1. The Morgan fingerprint density at radius 1 is 1.38 bits per heavy atom. The maximum atomic E-state index is 11.6. The van der Waals surface area contributed by atoms with Gasteiger partial charge in [-0.15, -0.1) is 0 Å². The minimum Gasteiger partial charge on any atom is -0.480 e. The summed E-state index contributed by atoms with van der Waals surface area (Å²) < 4.78 is 5.10. The predicted octanol–water partition coefficient (Wildman–Crippen LogP) is 0.982. The molecular formula is C11H21NO4. The molecular weight excluding hydrogens is 210 g/mol. The molecule has 0 spiro atoms. The lowest BCUT2D eigenvalue weighted by Crippen LogP contribution is -2.40. The van der Waals surface area contributed by atoms with Gasteiger partial charge in [0.15, 0.2) is 0 Å². The van der Waals surface area contributed by atoms with Crippen molar-refractivity contribution in [2.45, 2.75) is 27.2 Å². The summed E-state index contributed by atoms with van der Waals surface area (Å²) in [5.74, 6) is -1.01. The normalized spacial score (nSPS) is 10.5. The van der Waals surface area contributed by atoms with Crippen molar-refractivity contribution >= 4 is 11.9 Å². The minimum absolute atomic E-state index is 0.0339. The van der Waals surface area contributed by atoms with E-state index in [1.807, 2.05) is 20.8 Å². The van der Waals surface area contributed by atoms with E-state index in [1.54, 1.807) is 0 Å². The van der Waals surface area contributed by atoms with Gasteiger partial charge in [0, 0.05) is 13.2 Å². The summed E-state index contributed by atoms with van der Waals surface area (Å²) in [4.78, 5) is 23.5. The molecule has 0 heterocycles. The molecule has 0 aromatic carbocycles. The molecule has 0 unspecified atom stereocenters. The van der Waals surface area contributed by atoms with Gasteiger partial charge in [-0.25, -0.2) is 0 Å². The molecule has 0 saturated heterocycles. The Kier molecular flexibility index (Phi) is 7.54. The van der Waals surface area contributed by atoms with Crippen molar-refractivity contribution in [2.24, 2.45) is 5.92 Å². The summed E-state index contributed by atoms with van der Waals surface area (Å²) in [6, 6.07) is 0. The monoisotopic (exact) mass is 231 g/mol. The standard InChI is InChI=1S/C11H21NO4/c1-4-5-16-8-10(13)12(6-9(2)3)7-11(14)15/h9H,4-8H2,1-3H3,(H,14,15). The maximum absolute atomic E-state index is 11.6. The van der Waals surface area contributed by atoms with Crippen LogP contribution in [-0.2, 0) is 14.3 Å². The largest absolute Gasteiger partial charge is 0.480 e. The van der Waals surface area contributed by atoms with Crippen molar-refractivity contribution in [3.63, 3.8) is 0 Å². The molecule has 0 fully saturated rings. The fourth-order valence-electron chi connectivity index (χ4n) is 1.25. The Labute approximate surface area is 96.4 Å². The Balaban J connectivity index is 4.15. The number of aliphatic carboxylic acids is 1. The van der Waals surface area contributed by atoms with E-state index in [-0.39, 0.29) is 25.0 Å². The van der Waals surface area contributed by atoms with E-state index in [2.05, 4.69) is 0 Å². The minimum atomic E-state index is -0.996. The van der Waals surface area contributed by atoms with Crippen LogP contribution in [0.25, 0.3) is 0 Å². The molecule has 0 aliphatic carbocycles. The van der Waals surface area contributed by atoms with E-state index in [0.29, 0.717) is 13.2 Å². The Morgan fingerprint density at radius 2 is 2.00 bits per heavy atom. The number of rotatable bonds is 8. The van der Waals surface area contributed by atoms with Crippen LogP contribution in [-0.4, -0.2) is 48.2 Å². The Morgan fingerprint density at radius 3 is 2.44 bits per heavy atom. The van der Waals surface area contributed by atoms with E-state index in [1.165, 1.54) is 4.90 Å². The van der Waals surface area contributed by atoms with Crippen LogP contribution in [0.4, 0.5) is 0 Å². The molecule has 0 bridgehead atoms. The average Bonchev–Trinajstić information content (AvgIpc) is 2.15. The molecule has 0 aliphatic rings. The van der Waals surface area contributed by atoms with E-state index in [0.717, 1.165) is 6.42 Å². The first-order chi connectivity index (χ1) is 7.47. The molecule has 5 nitrogen and oxygen atoms in total. The van der Waals surface area contributed by atoms with Gasteiger partial charge < -0.3 is 14.7 Å². The van der Waals surface area contributed by atoms with Crippen LogP contribution in [0.2, 0.25) is 0 Å². The lowest BCUT2D eigenvalue weighted by atomic mass is 10.2. The third kappa shape index (κ3) is 7.23. The number of hydrogen-bond acceptors (Lipinski definition) is 3. The van der Waals surface area contributed by atoms with E-state index >= 15 is 0 Å². The topological polar surface area (TPSA) is 66.8 Å². The molecule has 5 heteroatoms. The Bertz CT molecular complexity index is 228. The summed E-state index contributed by atoms with van der Waals surface area (Å²) in [6.45, 7) is 6.51. The van der Waals surface area contributed by atoms with Crippen molar-refractivity contribution in [3.05, 3.63) is 0 Å². The number of nitrogens with zero attached hydrogens (tertiary/aromatic N) is 1. The first-order valence-corrected chi connectivity index (χ1v) is 5.54. The first-order valence-electron chi connectivity index (χ1n) is 5.54. The van der Waals surface area contributed by atoms with Gasteiger partial charge in [0.25, 0.3) is 0 Å².